The molecule has 4 heterocycles. The van der Waals surface area contributed by atoms with Crippen molar-refractivity contribution in [3.8, 4) is 28.4 Å². The van der Waals surface area contributed by atoms with Gasteiger partial charge < -0.3 is 19.3 Å². The number of fused-ring (bicyclic) bond motifs is 1. The van der Waals surface area contributed by atoms with Crippen molar-refractivity contribution < 1.29 is 18.8 Å². The Balaban J connectivity index is 1.60. The standard InChI is InChI=1S/C28H30FN5O3/c1-5-7-20(35)15-36-21-9-10-23(29)22(12-21)27-31-26(25-17(3)33-37-18(25)4)16(2)28(32-27)34-13-19-8-6-11-30-24(19)14-34/h6,8-12,20,35H,5,7,13-15H2,1-4H3/t20-/m1/s1. The van der Waals surface area contributed by atoms with E-state index in [0.29, 0.717) is 48.2 Å². The van der Waals surface area contributed by atoms with E-state index in [1.54, 1.807) is 18.3 Å². The molecule has 0 bridgehead atoms. The van der Waals surface area contributed by atoms with E-state index in [4.69, 9.17) is 19.2 Å². The SMILES string of the molecule is CCC[C@@H](O)COc1ccc(F)c(-c2nc(-c3c(C)noc3C)c(C)c(N3Cc4cccnc4C3)n2)c1. The molecule has 0 radical (unpaired) electrons. The van der Waals surface area contributed by atoms with Crippen LogP contribution in [0, 0.1) is 26.6 Å². The van der Waals surface area contributed by atoms with Crippen molar-refractivity contribution in [1.29, 1.82) is 0 Å². The fraction of sp³-hybridized carbons (Fsp3) is 0.357. The van der Waals surface area contributed by atoms with E-state index >= 15 is 4.39 Å². The van der Waals surface area contributed by atoms with Crippen LogP contribution in [-0.2, 0) is 13.1 Å². The zero-order chi connectivity index (χ0) is 26.1. The van der Waals surface area contributed by atoms with Gasteiger partial charge in [-0.15, -0.1) is 0 Å². The average molecular weight is 504 g/mol. The Hall–Kier alpha value is -3.85. The fourth-order valence-electron chi connectivity index (χ4n) is 4.72. The van der Waals surface area contributed by atoms with Gasteiger partial charge in [-0.3, -0.25) is 4.98 Å². The van der Waals surface area contributed by atoms with Crippen molar-refractivity contribution in [2.24, 2.45) is 0 Å². The van der Waals surface area contributed by atoms with Crippen molar-refractivity contribution in [3.05, 3.63) is 70.6 Å². The van der Waals surface area contributed by atoms with E-state index in [2.05, 4.69) is 21.1 Å². The molecular weight excluding hydrogens is 473 g/mol. The molecule has 0 fully saturated rings. The number of pyridine rings is 1. The zero-order valence-electron chi connectivity index (χ0n) is 21.5. The molecule has 37 heavy (non-hydrogen) atoms. The predicted molar refractivity (Wildman–Crippen MR) is 138 cm³/mol. The third kappa shape index (κ3) is 4.91. The molecule has 3 aromatic heterocycles. The normalized spacial score (nSPS) is 13.6. The molecular formula is C28H30FN5O3. The van der Waals surface area contributed by atoms with Gasteiger partial charge in [0.2, 0.25) is 0 Å². The summed E-state index contributed by atoms with van der Waals surface area (Å²) in [6.45, 7) is 9.01. The van der Waals surface area contributed by atoms with Crippen LogP contribution in [0.4, 0.5) is 10.2 Å². The number of nitrogens with zero attached hydrogens (tertiary/aromatic N) is 5. The molecule has 5 rings (SSSR count). The lowest BCUT2D eigenvalue weighted by Crippen LogP contribution is -2.19. The Morgan fingerprint density at radius 3 is 2.73 bits per heavy atom. The van der Waals surface area contributed by atoms with Crippen LogP contribution < -0.4 is 9.64 Å². The van der Waals surface area contributed by atoms with Gasteiger partial charge in [0.1, 0.15) is 29.8 Å². The van der Waals surface area contributed by atoms with Crippen LogP contribution >= 0.6 is 0 Å². The number of anilines is 1. The highest BCUT2D eigenvalue weighted by Crippen LogP contribution is 2.37. The van der Waals surface area contributed by atoms with Crippen LogP contribution in [0.1, 0.15) is 48.0 Å². The molecule has 9 heteroatoms. The van der Waals surface area contributed by atoms with E-state index in [-0.39, 0.29) is 18.0 Å². The summed E-state index contributed by atoms with van der Waals surface area (Å²) in [5.41, 5.74) is 5.30. The number of aliphatic hydroxyl groups excluding tert-OH is 1. The van der Waals surface area contributed by atoms with E-state index < -0.39 is 11.9 Å². The Morgan fingerprint density at radius 2 is 2.00 bits per heavy atom. The van der Waals surface area contributed by atoms with Crippen LogP contribution in [0.3, 0.4) is 0 Å². The van der Waals surface area contributed by atoms with Gasteiger partial charge in [-0.25, -0.2) is 14.4 Å². The molecule has 0 saturated carbocycles. The van der Waals surface area contributed by atoms with Gasteiger partial charge in [0.05, 0.1) is 40.9 Å². The first-order valence-electron chi connectivity index (χ1n) is 12.5. The Morgan fingerprint density at radius 1 is 1.16 bits per heavy atom. The monoisotopic (exact) mass is 503 g/mol. The minimum atomic E-state index is -0.586. The van der Waals surface area contributed by atoms with Crippen molar-refractivity contribution in [3.63, 3.8) is 0 Å². The minimum Gasteiger partial charge on any atom is -0.491 e. The number of benzene rings is 1. The third-order valence-electron chi connectivity index (χ3n) is 6.62. The lowest BCUT2D eigenvalue weighted by molar-refractivity contribution is 0.0993. The summed E-state index contributed by atoms with van der Waals surface area (Å²) in [4.78, 5) is 16.3. The number of halogens is 1. The second kappa shape index (κ2) is 10.3. The molecule has 4 aromatic rings. The van der Waals surface area contributed by atoms with Gasteiger partial charge in [0.15, 0.2) is 5.82 Å². The van der Waals surface area contributed by atoms with Crippen LogP contribution in [0.25, 0.3) is 22.6 Å². The highest BCUT2D eigenvalue weighted by molar-refractivity contribution is 5.75. The molecule has 1 aliphatic heterocycles. The van der Waals surface area contributed by atoms with Gasteiger partial charge in [-0.05, 0) is 57.0 Å². The van der Waals surface area contributed by atoms with Crippen molar-refractivity contribution in [1.82, 2.24) is 20.1 Å². The molecule has 0 amide bonds. The second-order valence-electron chi connectivity index (χ2n) is 9.40. The number of ether oxygens (including phenoxy) is 1. The van der Waals surface area contributed by atoms with E-state index in [0.717, 1.165) is 28.8 Å². The maximum atomic E-state index is 15.2. The highest BCUT2D eigenvalue weighted by atomic mass is 19.1. The first-order valence-corrected chi connectivity index (χ1v) is 12.5. The molecule has 192 valence electrons. The van der Waals surface area contributed by atoms with Crippen LogP contribution in [0.15, 0.2) is 41.1 Å². The number of rotatable bonds is 8. The summed E-state index contributed by atoms with van der Waals surface area (Å²) >= 11 is 0. The fourth-order valence-corrected chi connectivity index (χ4v) is 4.72. The van der Waals surface area contributed by atoms with E-state index in [9.17, 15) is 5.11 Å². The molecule has 0 saturated heterocycles. The lowest BCUT2D eigenvalue weighted by Gasteiger charge is -2.21. The smallest absolute Gasteiger partial charge is 0.165 e. The van der Waals surface area contributed by atoms with Crippen molar-refractivity contribution >= 4 is 5.82 Å². The van der Waals surface area contributed by atoms with Crippen molar-refractivity contribution in [2.45, 2.75) is 59.7 Å². The molecule has 1 aliphatic rings. The second-order valence-corrected chi connectivity index (χ2v) is 9.40. The third-order valence-corrected chi connectivity index (χ3v) is 6.62. The Labute approximate surface area is 215 Å². The molecule has 8 nitrogen and oxygen atoms in total. The van der Waals surface area contributed by atoms with Crippen molar-refractivity contribution in [2.75, 3.05) is 11.5 Å². The number of hydrogen-bond acceptors (Lipinski definition) is 8. The van der Waals surface area contributed by atoms with Gasteiger partial charge >= 0.3 is 0 Å². The molecule has 1 aromatic carbocycles. The number of aliphatic hydroxyl groups is 1. The topological polar surface area (TPSA) is 97.4 Å². The van der Waals surface area contributed by atoms with Crippen LogP contribution in [0.2, 0.25) is 0 Å². The summed E-state index contributed by atoms with van der Waals surface area (Å²) in [7, 11) is 0. The summed E-state index contributed by atoms with van der Waals surface area (Å²) in [5.74, 6) is 1.53. The first-order chi connectivity index (χ1) is 17.9. The van der Waals surface area contributed by atoms with E-state index in [1.807, 2.05) is 33.8 Å². The number of aromatic nitrogens is 4. The Bertz CT molecular complexity index is 1390. The largest absolute Gasteiger partial charge is 0.491 e. The summed E-state index contributed by atoms with van der Waals surface area (Å²) in [5, 5.41) is 14.2. The molecule has 0 aliphatic carbocycles. The maximum Gasteiger partial charge on any atom is 0.165 e. The molecule has 1 N–H and O–H groups in total. The minimum absolute atomic E-state index is 0.127. The molecule has 0 unspecified atom stereocenters. The van der Waals surface area contributed by atoms with Crippen LogP contribution in [-0.4, -0.2) is 37.9 Å². The molecule has 1 atom stereocenters. The van der Waals surface area contributed by atoms with Crippen LogP contribution in [0.5, 0.6) is 5.75 Å². The zero-order valence-corrected chi connectivity index (χ0v) is 21.5. The summed E-state index contributed by atoms with van der Waals surface area (Å²) in [6, 6.07) is 8.45. The number of aryl methyl sites for hydroxylation is 2. The summed E-state index contributed by atoms with van der Waals surface area (Å²) < 4.78 is 26.4. The van der Waals surface area contributed by atoms with E-state index in [1.165, 1.54) is 6.07 Å². The van der Waals surface area contributed by atoms with Gasteiger partial charge in [0.25, 0.3) is 0 Å². The lowest BCUT2D eigenvalue weighted by atomic mass is 10.0. The average Bonchev–Trinajstić information content (AvgIpc) is 3.46. The molecule has 0 spiro atoms. The maximum absolute atomic E-state index is 15.2. The summed E-state index contributed by atoms with van der Waals surface area (Å²) in [6.07, 6.45) is 2.68. The first kappa shape index (κ1) is 24.8. The van der Waals surface area contributed by atoms with Gasteiger partial charge in [-0.2, -0.15) is 0 Å². The Kier molecular flexibility index (Phi) is 6.88. The van der Waals surface area contributed by atoms with Gasteiger partial charge in [0, 0.05) is 18.3 Å². The number of hydrogen-bond donors (Lipinski definition) is 1. The van der Waals surface area contributed by atoms with Gasteiger partial charge in [-0.1, -0.05) is 24.6 Å². The predicted octanol–water partition coefficient (Wildman–Crippen LogP) is 5.32. The highest BCUT2D eigenvalue weighted by Gasteiger charge is 2.27. The quantitative estimate of drug-likeness (QED) is 0.345.